The van der Waals surface area contributed by atoms with Crippen molar-refractivity contribution in [1.29, 1.82) is 0 Å². The van der Waals surface area contributed by atoms with E-state index in [0.717, 1.165) is 21.1 Å². The Balaban J connectivity index is 1.22. The zero-order chi connectivity index (χ0) is 22.2. The number of nitrogens with one attached hydrogen (secondary N) is 1. The lowest BCUT2D eigenvalue weighted by Crippen LogP contribution is -2.32. The fraction of sp³-hybridized carbons (Fsp3) is 0.261. The molecule has 3 aromatic rings. The fourth-order valence-corrected chi connectivity index (χ4v) is 4.92. The van der Waals surface area contributed by atoms with Crippen LogP contribution in [-0.4, -0.2) is 30.1 Å². The summed E-state index contributed by atoms with van der Waals surface area (Å²) in [4.78, 5) is 32.7. The minimum absolute atomic E-state index is 0.0841. The first-order chi connectivity index (χ1) is 15.5. The lowest BCUT2D eigenvalue weighted by Gasteiger charge is -2.17. The molecule has 0 radical (unpaired) electrons. The van der Waals surface area contributed by atoms with Gasteiger partial charge in [-0.3, -0.25) is 9.59 Å². The molecule has 1 saturated heterocycles. The number of anilines is 1. The van der Waals surface area contributed by atoms with Crippen LogP contribution in [0.3, 0.4) is 0 Å². The van der Waals surface area contributed by atoms with Crippen LogP contribution in [0, 0.1) is 12.8 Å². The first-order valence-corrected chi connectivity index (χ1v) is 11.4. The Morgan fingerprint density at radius 3 is 2.81 bits per heavy atom. The highest BCUT2D eigenvalue weighted by atomic mass is 35.5. The van der Waals surface area contributed by atoms with E-state index >= 15 is 0 Å². The highest BCUT2D eigenvalue weighted by Crippen LogP contribution is 2.37. The Morgan fingerprint density at radius 2 is 2.00 bits per heavy atom. The maximum absolute atomic E-state index is 12.8. The number of ether oxygens (including phenoxy) is 2. The topological polar surface area (TPSA) is 80.8 Å². The second-order valence-corrected chi connectivity index (χ2v) is 9.40. The summed E-state index contributed by atoms with van der Waals surface area (Å²) in [5.41, 5.74) is 2.58. The minimum atomic E-state index is -0.412. The standard InChI is InChI=1S/C23H20ClN3O4S/c1-13-22(14-2-4-16(24)5-3-14)26-20(32-13)10-25-23(29)15-8-21(28)27(11-15)17-6-7-18-19(9-17)31-12-30-18/h2-7,9,15H,8,10-12H2,1H3,(H,25,29). The van der Waals surface area contributed by atoms with Crippen LogP contribution in [0.15, 0.2) is 42.5 Å². The van der Waals surface area contributed by atoms with Crippen LogP contribution < -0.4 is 19.7 Å². The number of thiazole rings is 1. The number of hydrogen-bond acceptors (Lipinski definition) is 6. The van der Waals surface area contributed by atoms with Gasteiger partial charge in [-0.2, -0.15) is 0 Å². The highest BCUT2D eigenvalue weighted by Gasteiger charge is 2.35. The number of amides is 2. The molecule has 3 heterocycles. The van der Waals surface area contributed by atoms with Crippen LogP contribution in [0.25, 0.3) is 11.3 Å². The quantitative estimate of drug-likeness (QED) is 0.606. The van der Waals surface area contributed by atoms with Crippen LogP contribution in [-0.2, 0) is 16.1 Å². The maximum atomic E-state index is 12.8. The van der Waals surface area contributed by atoms with Gasteiger partial charge in [-0.25, -0.2) is 4.98 Å². The van der Waals surface area contributed by atoms with Crippen LogP contribution in [0.1, 0.15) is 16.3 Å². The van der Waals surface area contributed by atoms with Gasteiger partial charge in [0.15, 0.2) is 11.5 Å². The van der Waals surface area contributed by atoms with E-state index in [0.29, 0.717) is 35.3 Å². The Labute approximate surface area is 193 Å². The van der Waals surface area contributed by atoms with Gasteiger partial charge in [-0.05, 0) is 31.2 Å². The molecule has 0 spiro atoms. The monoisotopic (exact) mass is 469 g/mol. The predicted octanol–water partition coefficient (Wildman–Crippen LogP) is 4.17. The van der Waals surface area contributed by atoms with Crippen LogP contribution in [0.4, 0.5) is 5.69 Å². The minimum Gasteiger partial charge on any atom is -0.454 e. The van der Waals surface area contributed by atoms with Crippen molar-refractivity contribution in [3.63, 3.8) is 0 Å². The van der Waals surface area contributed by atoms with Gasteiger partial charge < -0.3 is 19.7 Å². The third-order valence-electron chi connectivity index (χ3n) is 5.54. The lowest BCUT2D eigenvalue weighted by molar-refractivity contribution is -0.126. The molecule has 1 atom stereocenters. The number of hydrogen-bond donors (Lipinski definition) is 1. The molecule has 7 nitrogen and oxygen atoms in total. The Bertz CT molecular complexity index is 1190. The normalized spacial score (nSPS) is 17.1. The van der Waals surface area contributed by atoms with E-state index in [4.69, 9.17) is 21.1 Å². The summed E-state index contributed by atoms with van der Waals surface area (Å²) >= 11 is 7.52. The summed E-state index contributed by atoms with van der Waals surface area (Å²) in [6.07, 6.45) is 0.174. The molecule has 0 aliphatic carbocycles. The third-order valence-corrected chi connectivity index (χ3v) is 6.76. The summed E-state index contributed by atoms with van der Waals surface area (Å²) in [5.74, 6) is 0.622. The molecule has 1 aromatic heterocycles. The Kier molecular flexibility index (Phi) is 5.48. The molecule has 32 heavy (non-hydrogen) atoms. The molecule has 5 rings (SSSR count). The maximum Gasteiger partial charge on any atom is 0.231 e. The number of nitrogens with zero attached hydrogens (tertiary/aromatic N) is 2. The van der Waals surface area contributed by atoms with E-state index in [1.54, 1.807) is 28.4 Å². The number of halogens is 1. The van der Waals surface area contributed by atoms with E-state index < -0.39 is 5.92 Å². The number of fused-ring (bicyclic) bond motifs is 1. The zero-order valence-electron chi connectivity index (χ0n) is 17.3. The van der Waals surface area contributed by atoms with Gasteiger partial charge in [0.05, 0.1) is 18.2 Å². The van der Waals surface area contributed by atoms with Crippen molar-refractivity contribution in [2.75, 3.05) is 18.2 Å². The molecule has 1 N–H and O–H groups in total. The molecule has 1 fully saturated rings. The van der Waals surface area contributed by atoms with Gasteiger partial charge >= 0.3 is 0 Å². The summed E-state index contributed by atoms with van der Waals surface area (Å²) in [7, 11) is 0. The summed E-state index contributed by atoms with van der Waals surface area (Å²) in [6, 6.07) is 12.9. The molecule has 164 valence electrons. The second kappa shape index (κ2) is 8.44. The number of aromatic nitrogens is 1. The van der Waals surface area contributed by atoms with Crippen molar-refractivity contribution in [2.24, 2.45) is 5.92 Å². The van der Waals surface area contributed by atoms with E-state index in [9.17, 15) is 9.59 Å². The van der Waals surface area contributed by atoms with Crippen molar-refractivity contribution >= 4 is 40.4 Å². The molecule has 0 bridgehead atoms. The van der Waals surface area contributed by atoms with Gasteiger partial charge in [0.1, 0.15) is 5.01 Å². The fourth-order valence-electron chi connectivity index (χ4n) is 3.90. The number of aryl methyl sites for hydroxylation is 1. The van der Waals surface area contributed by atoms with Gasteiger partial charge in [0, 0.05) is 40.2 Å². The highest BCUT2D eigenvalue weighted by molar-refractivity contribution is 7.12. The summed E-state index contributed by atoms with van der Waals surface area (Å²) in [6.45, 7) is 2.84. The predicted molar refractivity (Wildman–Crippen MR) is 122 cm³/mol. The first-order valence-electron chi connectivity index (χ1n) is 10.2. The van der Waals surface area contributed by atoms with Crippen LogP contribution >= 0.6 is 22.9 Å². The van der Waals surface area contributed by atoms with Crippen molar-refractivity contribution in [3.8, 4) is 22.8 Å². The van der Waals surface area contributed by atoms with E-state index in [1.807, 2.05) is 37.3 Å². The van der Waals surface area contributed by atoms with E-state index in [-0.39, 0.29) is 25.0 Å². The molecular weight excluding hydrogens is 450 g/mol. The number of benzene rings is 2. The molecule has 2 aliphatic heterocycles. The SMILES string of the molecule is Cc1sc(CNC(=O)C2CC(=O)N(c3ccc4c(c3)OCO4)C2)nc1-c1ccc(Cl)cc1. The van der Waals surface area contributed by atoms with Crippen molar-refractivity contribution < 1.29 is 19.1 Å². The molecule has 2 aromatic carbocycles. The largest absolute Gasteiger partial charge is 0.454 e. The van der Waals surface area contributed by atoms with Crippen molar-refractivity contribution in [1.82, 2.24) is 10.3 Å². The van der Waals surface area contributed by atoms with Crippen LogP contribution in [0.5, 0.6) is 11.5 Å². The first kappa shape index (κ1) is 20.8. The van der Waals surface area contributed by atoms with E-state index in [2.05, 4.69) is 10.3 Å². The average molecular weight is 470 g/mol. The number of carbonyl (C=O) groups excluding carboxylic acids is 2. The third kappa shape index (κ3) is 4.03. The summed E-state index contributed by atoms with van der Waals surface area (Å²) < 4.78 is 10.7. The van der Waals surface area contributed by atoms with Gasteiger partial charge in [0.25, 0.3) is 0 Å². The molecule has 0 saturated carbocycles. The van der Waals surface area contributed by atoms with Gasteiger partial charge in [0.2, 0.25) is 18.6 Å². The number of carbonyl (C=O) groups is 2. The Hall–Kier alpha value is -3.10. The Morgan fingerprint density at radius 1 is 1.22 bits per heavy atom. The molecule has 1 unspecified atom stereocenters. The van der Waals surface area contributed by atoms with Crippen LogP contribution in [0.2, 0.25) is 5.02 Å². The second-order valence-electron chi connectivity index (χ2n) is 7.68. The molecular formula is C23H20ClN3O4S. The molecule has 9 heteroatoms. The smallest absolute Gasteiger partial charge is 0.231 e. The summed E-state index contributed by atoms with van der Waals surface area (Å²) in [5, 5.41) is 4.43. The van der Waals surface area contributed by atoms with Gasteiger partial charge in [-0.1, -0.05) is 23.7 Å². The van der Waals surface area contributed by atoms with Gasteiger partial charge in [-0.15, -0.1) is 11.3 Å². The average Bonchev–Trinajstić information content (AvgIpc) is 3.50. The lowest BCUT2D eigenvalue weighted by atomic mass is 10.1. The van der Waals surface area contributed by atoms with E-state index in [1.165, 1.54) is 0 Å². The molecule has 2 aliphatic rings. The van der Waals surface area contributed by atoms with Crippen molar-refractivity contribution in [2.45, 2.75) is 19.9 Å². The number of rotatable bonds is 5. The van der Waals surface area contributed by atoms with Crippen molar-refractivity contribution in [3.05, 3.63) is 57.4 Å². The zero-order valence-corrected chi connectivity index (χ0v) is 18.8. The molecule has 2 amide bonds.